The largest absolute Gasteiger partial charge is 0.477 e. The standard InChI is InChI=1S/C9H8FNO4/c1-9(10)4-2-3-6(8(12)13)7(5-9)11(14)15/h2-5H,1H3,(H,12,13). The van der Waals surface area contributed by atoms with Gasteiger partial charge in [-0.25, -0.2) is 9.18 Å². The first-order chi connectivity index (χ1) is 6.83. The summed E-state index contributed by atoms with van der Waals surface area (Å²) in [7, 11) is 0. The molecule has 0 aliphatic heterocycles. The predicted octanol–water partition coefficient (Wildman–Crippen LogP) is 1.46. The van der Waals surface area contributed by atoms with E-state index in [0.29, 0.717) is 6.08 Å². The molecular formula is C9H8FNO4. The molecule has 0 aromatic rings. The zero-order valence-electron chi connectivity index (χ0n) is 7.81. The third-order valence-electron chi connectivity index (χ3n) is 1.81. The summed E-state index contributed by atoms with van der Waals surface area (Å²) in [6.07, 6.45) is 3.88. The SMILES string of the molecule is CC1(F)C=CC=C(C(=O)O)C([N+](=O)[O-])=C1. The maximum absolute atomic E-state index is 13.5. The van der Waals surface area contributed by atoms with E-state index in [9.17, 15) is 19.3 Å². The average molecular weight is 213 g/mol. The molecule has 0 heterocycles. The summed E-state index contributed by atoms with van der Waals surface area (Å²) in [5, 5.41) is 19.2. The number of nitrogens with zero attached hydrogens (tertiary/aromatic N) is 1. The second kappa shape index (κ2) is 3.64. The zero-order valence-corrected chi connectivity index (χ0v) is 7.81. The molecule has 0 saturated heterocycles. The van der Waals surface area contributed by atoms with Crippen LogP contribution in [0, 0.1) is 10.1 Å². The van der Waals surface area contributed by atoms with Gasteiger partial charge >= 0.3 is 5.97 Å². The van der Waals surface area contributed by atoms with Gasteiger partial charge < -0.3 is 5.11 Å². The van der Waals surface area contributed by atoms with Crippen molar-refractivity contribution in [1.29, 1.82) is 0 Å². The molecule has 0 aromatic heterocycles. The smallest absolute Gasteiger partial charge is 0.342 e. The van der Waals surface area contributed by atoms with Gasteiger partial charge in [0, 0.05) is 6.08 Å². The van der Waals surface area contributed by atoms with Crippen molar-refractivity contribution in [2.45, 2.75) is 12.6 Å². The van der Waals surface area contributed by atoms with Gasteiger partial charge in [-0.1, -0.05) is 6.08 Å². The lowest BCUT2D eigenvalue weighted by molar-refractivity contribution is -0.421. The van der Waals surface area contributed by atoms with Crippen LogP contribution in [-0.2, 0) is 4.79 Å². The van der Waals surface area contributed by atoms with Crippen molar-refractivity contribution in [2.75, 3.05) is 0 Å². The van der Waals surface area contributed by atoms with E-state index < -0.39 is 27.8 Å². The number of carbonyl (C=O) groups is 1. The number of allylic oxidation sites excluding steroid dienone is 4. The highest BCUT2D eigenvalue weighted by atomic mass is 19.1. The maximum atomic E-state index is 13.5. The number of alkyl halides is 1. The molecule has 15 heavy (non-hydrogen) atoms. The van der Waals surface area contributed by atoms with Gasteiger partial charge in [-0.3, -0.25) is 10.1 Å². The Balaban J connectivity index is 3.30. The molecule has 0 amide bonds. The first-order valence-corrected chi connectivity index (χ1v) is 4.03. The van der Waals surface area contributed by atoms with Gasteiger partial charge in [0.1, 0.15) is 5.57 Å². The van der Waals surface area contributed by atoms with Crippen molar-refractivity contribution in [3.63, 3.8) is 0 Å². The van der Waals surface area contributed by atoms with E-state index in [2.05, 4.69) is 0 Å². The molecular weight excluding hydrogens is 205 g/mol. The molecule has 0 spiro atoms. The summed E-state index contributed by atoms with van der Waals surface area (Å²) in [6, 6.07) is 0. The summed E-state index contributed by atoms with van der Waals surface area (Å²) < 4.78 is 13.5. The van der Waals surface area contributed by atoms with Crippen LogP contribution >= 0.6 is 0 Å². The first kappa shape index (κ1) is 11.1. The predicted molar refractivity (Wildman–Crippen MR) is 49.4 cm³/mol. The molecule has 1 unspecified atom stereocenters. The highest BCUT2D eigenvalue weighted by Gasteiger charge is 2.30. The van der Waals surface area contributed by atoms with Crippen LogP contribution < -0.4 is 0 Å². The van der Waals surface area contributed by atoms with E-state index in [1.807, 2.05) is 0 Å². The summed E-state index contributed by atoms with van der Waals surface area (Å²) >= 11 is 0. The number of aliphatic carboxylic acids is 1. The second-order valence-corrected chi connectivity index (χ2v) is 3.18. The molecule has 1 atom stereocenters. The van der Waals surface area contributed by atoms with E-state index in [-0.39, 0.29) is 0 Å². The van der Waals surface area contributed by atoms with E-state index in [4.69, 9.17) is 5.11 Å². The van der Waals surface area contributed by atoms with E-state index in [1.165, 1.54) is 0 Å². The summed E-state index contributed by atoms with van der Waals surface area (Å²) in [4.78, 5) is 20.3. The van der Waals surface area contributed by atoms with E-state index in [1.54, 1.807) is 0 Å². The van der Waals surface area contributed by atoms with Crippen molar-refractivity contribution in [2.24, 2.45) is 0 Å². The molecule has 6 heteroatoms. The molecule has 0 bridgehead atoms. The minimum absolute atomic E-state index is 0.530. The molecule has 1 N–H and O–H groups in total. The Labute approximate surface area is 84.4 Å². The maximum Gasteiger partial charge on any atom is 0.342 e. The van der Waals surface area contributed by atoms with Gasteiger partial charge in [0.2, 0.25) is 0 Å². The lowest BCUT2D eigenvalue weighted by atomic mass is 10.1. The number of carboxylic acids is 1. The van der Waals surface area contributed by atoms with Gasteiger partial charge in [-0.15, -0.1) is 0 Å². The number of rotatable bonds is 2. The normalized spacial score (nSPS) is 25.2. The zero-order chi connectivity index (χ0) is 11.6. The Morgan fingerprint density at radius 1 is 1.67 bits per heavy atom. The van der Waals surface area contributed by atoms with Crippen LogP contribution in [0.1, 0.15) is 6.92 Å². The molecule has 1 rings (SSSR count). The van der Waals surface area contributed by atoms with Crippen LogP contribution in [0.25, 0.3) is 0 Å². The Bertz CT molecular complexity index is 406. The van der Waals surface area contributed by atoms with Gasteiger partial charge in [0.25, 0.3) is 5.70 Å². The number of hydrogen-bond acceptors (Lipinski definition) is 3. The van der Waals surface area contributed by atoms with Crippen molar-refractivity contribution in [3.8, 4) is 0 Å². The minimum atomic E-state index is -2.02. The Morgan fingerprint density at radius 3 is 2.73 bits per heavy atom. The molecule has 5 nitrogen and oxygen atoms in total. The van der Waals surface area contributed by atoms with Gasteiger partial charge in [0.05, 0.1) is 4.92 Å². The van der Waals surface area contributed by atoms with Crippen molar-refractivity contribution in [1.82, 2.24) is 0 Å². The third kappa shape index (κ3) is 2.49. The summed E-state index contributed by atoms with van der Waals surface area (Å²) in [6.45, 7) is 1.10. The third-order valence-corrected chi connectivity index (χ3v) is 1.81. The molecule has 1 aliphatic carbocycles. The van der Waals surface area contributed by atoms with Crippen LogP contribution in [0.15, 0.2) is 35.6 Å². The monoisotopic (exact) mass is 213 g/mol. The second-order valence-electron chi connectivity index (χ2n) is 3.18. The molecule has 0 aromatic carbocycles. The van der Waals surface area contributed by atoms with E-state index >= 15 is 0 Å². The minimum Gasteiger partial charge on any atom is -0.477 e. The van der Waals surface area contributed by atoms with Crippen LogP contribution in [0.3, 0.4) is 0 Å². The molecule has 80 valence electrons. The highest BCUT2D eigenvalue weighted by Crippen LogP contribution is 2.24. The number of carboxylic acid groups (broad SMARTS) is 1. The van der Waals surface area contributed by atoms with Crippen LogP contribution in [0.4, 0.5) is 4.39 Å². The molecule has 0 radical (unpaired) electrons. The quantitative estimate of drug-likeness (QED) is 0.556. The fourth-order valence-electron chi connectivity index (χ4n) is 1.14. The van der Waals surface area contributed by atoms with Crippen molar-refractivity contribution < 1.29 is 19.2 Å². The Hall–Kier alpha value is -1.98. The molecule has 0 fully saturated rings. The van der Waals surface area contributed by atoms with Crippen LogP contribution in [0.5, 0.6) is 0 Å². The molecule has 0 saturated carbocycles. The average Bonchev–Trinajstić information content (AvgIpc) is 2.23. The number of nitro groups is 1. The van der Waals surface area contributed by atoms with Crippen LogP contribution in [-0.4, -0.2) is 21.7 Å². The van der Waals surface area contributed by atoms with Crippen LogP contribution in [0.2, 0.25) is 0 Å². The van der Waals surface area contributed by atoms with Gasteiger partial charge in [-0.2, -0.15) is 0 Å². The fourth-order valence-corrected chi connectivity index (χ4v) is 1.14. The van der Waals surface area contributed by atoms with Crippen molar-refractivity contribution >= 4 is 5.97 Å². The highest BCUT2D eigenvalue weighted by molar-refractivity contribution is 5.91. The van der Waals surface area contributed by atoms with Gasteiger partial charge in [0.15, 0.2) is 5.67 Å². The lowest BCUT2D eigenvalue weighted by Crippen LogP contribution is -2.15. The Kier molecular flexibility index (Phi) is 2.69. The van der Waals surface area contributed by atoms with E-state index in [0.717, 1.165) is 25.2 Å². The summed E-state index contributed by atoms with van der Waals surface area (Å²) in [5.74, 6) is -1.46. The fraction of sp³-hybridized carbons (Fsp3) is 0.222. The topological polar surface area (TPSA) is 80.4 Å². The number of halogens is 1. The Morgan fingerprint density at radius 2 is 2.27 bits per heavy atom. The lowest BCUT2D eigenvalue weighted by Gasteiger charge is -2.07. The first-order valence-electron chi connectivity index (χ1n) is 4.03. The molecule has 1 aliphatic rings. The number of hydrogen-bond donors (Lipinski definition) is 1. The van der Waals surface area contributed by atoms with Crippen molar-refractivity contribution in [3.05, 3.63) is 45.7 Å². The van der Waals surface area contributed by atoms with Gasteiger partial charge in [-0.05, 0) is 19.1 Å². The summed E-state index contributed by atoms with van der Waals surface area (Å²) in [5.41, 5.74) is -3.29.